The molecule has 1 N–H and O–H groups in total. The second kappa shape index (κ2) is 9.03. The van der Waals surface area contributed by atoms with Gasteiger partial charge in [0.15, 0.2) is 0 Å². The van der Waals surface area contributed by atoms with Gasteiger partial charge in [-0.2, -0.15) is 0 Å². The molecule has 0 spiro atoms. The van der Waals surface area contributed by atoms with Gasteiger partial charge >= 0.3 is 6.36 Å². The van der Waals surface area contributed by atoms with Gasteiger partial charge in [0.2, 0.25) is 0 Å². The number of rotatable bonds is 5. The first-order valence-corrected chi connectivity index (χ1v) is 10.4. The highest BCUT2D eigenvalue weighted by Crippen LogP contribution is 2.44. The topological polar surface area (TPSA) is 89.2 Å². The molecule has 0 radical (unpaired) electrons. The summed E-state index contributed by atoms with van der Waals surface area (Å²) in [6, 6.07) is 10.7. The highest BCUT2D eigenvalue weighted by atomic mass is 35.5. The number of aliphatic hydroxyl groups is 1. The first-order valence-electron chi connectivity index (χ1n) is 10.1. The number of carbonyl (C=O) groups excluding carboxylic acids is 2. The Kier molecular flexibility index (Phi) is 6.25. The van der Waals surface area contributed by atoms with Crippen LogP contribution in [0.25, 0.3) is 5.76 Å². The van der Waals surface area contributed by atoms with Crippen molar-refractivity contribution in [2.24, 2.45) is 0 Å². The summed E-state index contributed by atoms with van der Waals surface area (Å²) >= 11 is 6.24. The van der Waals surface area contributed by atoms with Crippen LogP contribution < -0.4 is 14.4 Å². The quantitative estimate of drug-likeness (QED) is 0.268. The van der Waals surface area contributed by atoms with E-state index in [1.807, 2.05) is 0 Å². The van der Waals surface area contributed by atoms with E-state index in [1.54, 1.807) is 19.1 Å². The van der Waals surface area contributed by atoms with Crippen molar-refractivity contribution in [1.29, 1.82) is 0 Å². The summed E-state index contributed by atoms with van der Waals surface area (Å²) in [6.07, 6.45) is -4.90. The van der Waals surface area contributed by atoms with Crippen LogP contribution in [0.2, 0.25) is 5.02 Å². The smallest absolute Gasteiger partial charge is 0.507 e. The number of methoxy groups -OCH3 is 1. The van der Waals surface area contributed by atoms with Crippen LogP contribution in [0, 0.1) is 6.92 Å². The van der Waals surface area contributed by atoms with Gasteiger partial charge in [0.25, 0.3) is 11.7 Å². The zero-order valence-electron chi connectivity index (χ0n) is 18.2. The Morgan fingerprint density at radius 3 is 2.29 bits per heavy atom. The molecule has 35 heavy (non-hydrogen) atoms. The lowest BCUT2D eigenvalue weighted by Gasteiger charge is -2.23. The van der Waals surface area contributed by atoms with E-state index in [2.05, 4.69) is 4.74 Å². The number of halogens is 4. The molecule has 1 fully saturated rings. The number of amides is 1. The number of carbonyl (C=O) groups is 2. The zero-order valence-corrected chi connectivity index (χ0v) is 19.0. The van der Waals surface area contributed by atoms with E-state index >= 15 is 0 Å². The molecule has 4 rings (SSSR count). The number of aliphatic hydroxyl groups excluding tert-OH is 1. The van der Waals surface area contributed by atoms with Crippen LogP contribution in [0.4, 0.5) is 18.9 Å². The molecule has 1 aromatic heterocycles. The molecule has 11 heteroatoms. The standard InChI is InChI=1S/C24H17ClF3NO6/c1-12-3-10-18(34-12)20-19(21(30)16-11-15(33-2)8-9-17(16)25)22(31)23(32)29(20)13-4-6-14(7-5-13)35-24(26,27)28/h3-11,20,30H,1-2H3/b21-19+. The van der Waals surface area contributed by atoms with Crippen LogP contribution in [0.15, 0.2) is 64.6 Å². The third-order valence-corrected chi connectivity index (χ3v) is 5.58. The van der Waals surface area contributed by atoms with Crippen LogP contribution in [0.1, 0.15) is 23.1 Å². The monoisotopic (exact) mass is 507 g/mol. The third kappa shape index (κ3) is 4.69. The highest BCUT2D eigenvalue weighted by molar-refractivity contribution is 6.52. The van der Waals surface area contributed by atoms with E-state index in [4.69, 9.17) is 20.8 Å². The molecule has 3 aromatic rings. The molecule has 1 aliphatic heterocycles. The van der Waals surface area contributed by atoms with Crippen molar-refractivity contribution in [2.45, 2.75) is 19.3 Å². The Labute approximate surface area is 201 Å². The Morgan fingerprint density at radius 2 is 1.71 bits per heavy atom. The number of ether oxygens (including phenoxy) is 2. The Hall–Kier alpha value is -3.92. The molecule has 7 nitrogen and oxygen atoms in total. The van der Waals surface area contributed by atoms with Crippen molar-refractivity contribution in [3.63, 3.8) is 0 Å². The summed E-state index contributed by atoms with van der Waals surface area (Å²) < 4.78 is 52.3. The molecule has 2 aromatic carbocycles. The van der Waals surface area contributed by atoms with E-state index < -0.39 is 35.6 Å². The fourth-order valence-electron chi connectivity index (χ4n) is 3.73. The minimum Gasteiger partial charge on any atom is -0.507 e. The summed E-state index contributed by atoms with van der Waals surface area (Å²) in [7, 11) is 1.41. The van der Waals surface area contributed by atoms with Crippen LogP contribution in [0.3, 0.4) is 0 Å². The molecule has 1 unspecified atom stereocenters. The van der Waals surface area contributed by atoms with Gasteiger partial charge in [0.05, 0.1) is 17.7 Å². The molecular formula is C24H17ClF3NO6. The molecule has 0 bridgehead atoms. The molecule has 0 aliphatic carbocycles. The van der Waals surface area contributed by atoms with Gasteiger partial charge in [-0.1, -0.05) is 11.6 Å². The maximum atomic E-state index is 13.1. The van der Waals surface area contributed by atoms with Gasteiger partial charge in [-0.3, -0.25) is 14.5 Å². The van der Waals surface area contributed by atoms with Crippen molar-refractivity contribution in [2.75, 3.05) is 12.0 Å². The fraction of sp³-hybridized carbons (Fsp3) is 0.167. The number of hydrogen-bond donors (Lipinski definition) is 1. The van der Waals surface area contributed by atoms with E-state index in [0.717, 1.165) is 17.0 Å². The van der Waals surface area contributed by atoms with Crippen LogP contribution in [0.5, 0.6) is 11.5 Å². The number of furan rings is 1. The molecule has 182 valence electrons. The van der Waals surface area contributed by atoms with Gasteiger partial charge in [-0.25, -0.2) is 0 Å². The third-order valence-electron chi connectivity index (χ3n) is 5.25. The SMILES string of the molecule is COc1ccc(Cl)c(/C(O)=C2\C(=O)C(=O)N(c3ccc(OC(F)(F)F)cc3)C2c2ccc(C)o2)c1. The molecule has 0 saturated carbocycles. The predicted molar refractivity (Wildman–Crippen MR) is 119 cm³/mol. The number of aryl methyl sites for hydroxylation is 1. The first kappa shape index (κ1) is 24.2. The Bertz CT molecular complexity index is 1330. The highest BCUT2D eigenvalue weighted by Gasteiger charge is 2.48. The molecular weight excluding hydrogens is 491 g/mol. The van der Waals surface area contributed by atoms with Gasteiger partial charge in [0, 0.05) is 11.3 Å². The van der Waals surface area contributed by atoms with E-state index in [-0.39, 0.29) is 27.6 Å². The number of Topliss-reactive ketones (excluding diaryl/α,β-unsaturated/α-hetero) is 1. The fourth-order valence-corrected chi connectivity index (χ4v) is 3.94. The molecule has 1 aliphatic rings. The molecule has 1 saturated heterocycles. The maximum absolute atomic E-state index is 13.1. The van der Waals surface area contributed by atoms with Crippen molar-refractivity contribution in [3.05, 3.63) is 82.3 Å². The lowest BCUT2D eigenvalue weighted by molar-refractivity contribution is -0.274. The number of ketones is 1. The van der Waals surface area contributed by atoms with Crippen molar-refractivity contribution in [1.82, 2.24) is 0 Å². The first-order chi connectivity index (χ1) is 16.5. The number of nitrogens with zero attached hydrogens (tertiary/aromatic N) is 1. The summed E-state index contributed by atoms with van der Waals surface area (Å²) in [5.74, 6) is -2.16. The van der Waals surface area contributed by atoms with Crippen molar-refractivity contribution in [3.8, 4) is 11.5 Å². The van der Waals surface area contributed by atoms with E-state index in [1.165, 1.54) is 37.4 Å². The number of anilines is 1. The van der Waals surface area contributed by atoms with Crippen LogP contribution in [-0.4, -0.2) is 30.3 Å². The van der Waals surface area contributed by atoms with Crippen LogP contribution >= 0.6 is 11.6 Å². The maximum Gasteiger partial charge on any atom is 0.573 e. The second-order valence-electron chi connectivity index (χ2n) is 7.50. The average molecular weight is 508 g/mol. The summed E-state index contributed by atoms with van der Waals surface area (Å²) in [5.41, 5.74) is -0.183. The second-order valence-corrected chi connectivity index (χ2v) is 7.91. The van der Waals surface area contributed by atoms with E-state index in [9.17, 15) is 27.9 Å². The lowest BCUT2D eigenvalue weighted by Crippen LogP contribution is -2.29. The Morgan fingerprint density at radius 1 is 1.06 bits per heavy atom. The minimum absolute atomic E-state index is 0.0474. The van der Waals surface area contributed by atoms with Crippen LogP contribution in [-0.2, 0) is 9.59 Å². The number of alkyl halides is 3. The van der Waals surface area contributed by atoms with Crippen molar-refractivity contribution >= 4 is 34.7 Å². The largest absolute Gasteiger partial charge is 0.573 e. The zero-order chi connectivity index (χ0) is 25.5. The van der Waals surface area contributed by atoms with Gasteiger partial charge < -0.3 is 19.0 Å². The summed E-state index contributed by atoms with van der Waals surface area (Å²) in [4.78, 5) is 27.2. The lowest BCUT2D eigenvalue weighted by atomic mass is 9.99. The average Bonchev–Trinajstić information content (AvgIpc) is 3.34. The van der Waals surface area contributed by atoms with Gasteiger partial charge in [-0.15, -0.1) is 13.2 Å². The number of benzene rings is 2. The number of hydrogen-bond acceptors (Lipinski definition) is 6. The molecule has 1 amide bonds. The minimum atomic E-state index is -4.90. The van der Waals surface area contributed by atoms with Gasteiger partial charge in [-0.05, 0) is 61.5 Å². The summed E-state index contributed by atoms with van der Waals surface area (Å²) in [5, 5.41) is 11.2. The normalized spacial score (nSPS) is 17.7. The predicted octanol–water partition coefficient (Wildman–Crippen LogP) is 5.77. The van der Waals surface area contributed by atoms with Gasteiger partial charge in [0.1, 0.15) is 34.8 Å². The van der Waals surface area contributed by atoms with Crippen molar-refractivity contribution < 1.29 is 41.8 Å². The molecule has 2 heterocycles. The molecule has 1 atom stereocenters. The van der Waals surface area contributed by atoms with E-state index in [0.29, 0.717) is 11.5 Å². The Balaban J connectivity index is 1.87. The summed E-state index contributed by atoms with van der Waals surface area (Å²) in [6.45, 7) is 1.65.